The van der Waals surface area contributed by atoms with Gasteiger partial charge in [-0.3, -0.25) is 4.90 Å². The normalized spacial score (nSPS) is 20.4. The van der Waals surface area contributed by atoms with Gasteiger partial charge < -0.3 is 19.9 Å². The molecule has 2 heterocycles. The van der Waals surface area contributed by atoms with E-state index >= 15 is 0 Å². The maximum Gasteiger partial charge on any atom is 0.335 e. The first kappa shape index (κ1) is 18.4. The number of carbonyl (C=O) groups is 1. The van der Waals surface area contributed by atoms with Crippen LogP contribution in [0.3, 0.4) is 0 Å². The third kappa shape index (κ3) is 4.62. The second kappa shape index (κ2) is 8.33. The van der Waals surface area contributed by atoms with E-state index in [4.69, 9.17) is 9.84 Å². The van der Waals surface area contributed by atoms with E-state index in [1.165, 1.54) is 12.1 Å². The van der Waals surface area contributed by atoms with Crippen LogP contribution < -0.4 is 4.74 Å². The predicted molar refractivity (Wildman–Crippen MR) is 96.3 cm³/mol. The number of H-pyrrole nitrogens is 1. The topological polar surface area (TPSA) is 98.7 Å². The highest BCUT2D eigenvalue weighted by molar-refractivity contribution is 5.87. The third-order valence-corrected chi connectivity index (χ3v) is 4.54. The van der Waals surface area contributed by atoms with Crippen molar-refractivity contribution in [2.45, 2.75) is 44.9 Å². The molecule has 26 heavy (non-hydrogen) atoms. The van der Waals surface area contributed by atoms with Gasteiger partial charge in [0.05, 0.1) is 5.56 Å². The highest BCUT2D eigenvalue weighted by Crippen LogP contribution is 2.21. The number of hydrogen-bond donors (Lipinski definition) is 3. The molecule has 1 aromatic heterocycles. The minimum atomic E-state index is -0.971. The Balaban J connectivity index is 1.54. The average Bonchev–Trinajstić information content (AvgIpc) is 3.20. The van der Waals surface area contributed by atoms with Crippen LogP contribution in [0.4, 0.5) is 0 Å². The zero-order valence-corrected chi connectivity index (χ0v) is 14.9. The van der Waals surface area contributed by atoms with Crippen LogP contribution >= 0.6 is 0 Å². The number of nitrogens with zero attached hydrogens (tertiary/aromatic N) is 2. The number of aromatic nitrogens is 2. The molecular formula is C19H25N3O4. The first-order valence-corrected chi connectivity index (χ1v) is 8.98. The van der Waals surface area contributed by atoms with E-state index in [0.29, 0.717) is 25.4 Å². The minimum absolute atomic E-state index is 0.212. The molecule has 1 aromatic carbocycles. The number of aliphatic hydroxyl groups is 1. The van der Waals surface area contributed by atoms with Crippen molar-refractivity contribution < 1.29 is 19.7 Å². The number of β-amino-alcohol motifs (C(OH)–C–C–N with tert-alkyl or cyclic N) is 1. The van der Waals surface area contributed by atoms with Crippen molar-refractivity contribution in [2.75, 3.05) is 13.1 Å². The zero-order valence-electron chi connectivity index (χ0n) is 14.9. The molecule has 0 unspecified atom stereocenters. The second-order valence-corrected chi connectivity index (χ2v) is 6.71. The van der Waals surface area contributed by atoms with Crippen LogP contribution in [0, 0.1) is 0 Å². The lowest BCUT2D eigenvalue weighted by Crippen LogP contribution is -2.29. The summed E-state index contributed by atoms with van der Waals surface area (Å²) in [4.78, 5) is 20.8. The molecule has 2 aromatic rings. The van der Waals surface area contributed by atoms with Crippen LogP contribution in [0.15, 0.2) is 30.5 Å². The fourth-order valence-electron chi connectivity index (χ4n) is 3.13. The van der Waals surface area contributed by atoms with Crippen LogP contribution in [0.5, 0.6) is 5.75 Å². The van der Waals surface area contributed by atoms with Crippen molar-refractivity contribution in [3.63, 3.8) is 0 Å². The standard InChI is InChI=1S/C19H25N3O4/c1-2-3-4-18-20-9-14(21-18)10-22-11-16(23)17(12-22)26-15-7-5-13(6-8-15)19(24)25/h5-9,16-17,23H,2-4,10-12H2,1H3,(H,20,21)(H,24,25)/t16-,17-/m1/s1. The number of likely N-dealkylation sites (tertiary alicyclic amines) is 1. The van der Waals surface area contributed by atoms with Crippen LogP contribution in [-0.2, 0) is 13.0 Å². The van der Waals surface area contributed by atoms with Gasteiger partial charge >= 0.3 is 5.97 Å². The third-order valence-electron chi connectivity index (χ3n) is 4.54. The molecule has 0 spiro atoms. The Morgan fingerprint density at radius 1 is 1.35 bits per heavy atom. The summed E-state index contributed by atoms with van der Waals surface area (Å²) in [6.45, 7) is 3.98. The number of aliphatic hydroxyl groups excluding tert-OH is 1. The van der Waals surface area contributed by atoms with E-state index < -0.39 is 12.1 Å². The Morgan fingerprint density at radius 2 is 2.12 bits per heavy atom. The Hall–Kier alpha value is -2.38. The van der Waals surface area contributed by atoms with Gasteiger partial charge in [-0.1, -0.05) is 13.3 Å². The zero-order chi connectivity index (χ0) is 18.5. The lowest BCUT2D eigenvalue weighted by molar-refractivity contribution is 0.0693. The Bertz CT molecular complexity index is 729. The molecule has 1 aliphatic rings. The monoisotopic (exact) mass is 359 g/mol. The van der Waals surface area contributed by atoms with Gasteiger partial charge in [-0.25, -0.2) is 9.78 Å². The van der Waals surface area contributed by atoms with Gasteiger partial charge in [-0.05, 0) is 30.7 Å². The lowest BCUT2D eigenvalue weighted by atomic mass is 10.2. The number of carboxylic acids is 1. The number of nitrogens with one attached hydrogen (secondary N) is 1. The molecule has 0 saturated carbocycles. The summed E-state index contributed by atoms with van der Waals surface area (Å²) >= 11 is 0. The number of imidazole rings is 1. The molecule has 1 saturated heterocycles. The predicted octanol–water partition coefficient (Wildman–Crippen LogP) is 2.07. The van der Waals surface area contributed by atoms with E-state index in [-0.39, 0.29) is 11.7 Å². The summed E-state index contributed by atoms with van der Waals surface area (Å²) in [6.07, 6.45) is 4.14. The van der Waals surface area contributed by atoms with Crippen LogP contribution in [0.25, 0.3) is 0 Å². The smallest absolute Gasteiger partial charge is 0.335 e. The molecule has 0 aliphatic carbocycles. The molecular weight excluding hydrogens is 334 g/mol. The Kier molecular flexibility index (Phi) is 5.90. The van der Waals surface area contributed by atoms with E-state index in [2.05, 4.69) is 21.8 Å². The molecule has 0 radical (unpaired) electrons. The van der Waals surface area contributed by atoms with Crippen LogP contribution in [0.1, 0.15) is 41.6 Å². The largest absolute Gasteiger partial charge is 0.486 e. The van der Waals surface area contributed by atoms with Gasteiger partial charge in [0.2, 0.25) is 0 Å². The van der Waals surface area contributed by atoms with Crippen molar-refractivity contribution in [2.24, 2.45) is 0 Å². The van der Waals surface area contributed by atoms with E-state index in [1.54, 1.807) is 12.1 Å². The fraction of sp³-hybridized carbons (Fsp3) is 0.474. The number of hydrogen-bond acceptors (Lipinski definition) is 5. The lowest BCUT2D eigenvalue weighted by Gasteiger charge is -2.17. The van der Waals surface area contributed by atoms with Crippen LogP contribution in [-0.4, -0.2) is 56.3 Å². The summed E-state index contributed by atoms with van der Waals surface area (Å²) in [5, 5.41) is 19.2. The number of aromatic amines is 1. The maximum absolute atomic E-state index is 10.9. The number of aryl methyl sites for hydroxylation is 1. The highest BCUT2D eigenvalue weighted by atomic mass is 16.5. The first-order chi connectivity index (χ1) is 12.5. The number of unbranched alkanes of at least 4 members (excludes halogenated alkanes) is 1. The van der Waals surface area contributed by atoms with E-state index in [1.807, 2.05) is 6.20 Å². The summed E-state index contributed by atoms with van der Waals surface area (Å²) in [5.41, 5.74) is 1.25. The van der Waals surface area contributed by atoms with Gasteiger partial charge in [-0.2, -0.15) is 0 Å². The van der Waals surface area contributed by atoms with Crippen molar-refractivity contribution in [1.82, 2.24) is 14.9 Å². The molecule has 2 atom stereocenters. The SMILES string of the molecule is CCCCc1ncc(CN2C[C@@H](O)[C@H](Oc3ccc(C(=O)O)cc3)C2)[nH]1. The number of ether oxygens (including phenoxy) is 1. The molecule has 0 bridgehead atoms. The fourth-order valence-corrected chi connectivity index (χ4v) is 3.13. The Morgan fingerprint density at radius 3 is 2.81 bits per heavy atom. The Labute approximate surface area is 152 Å². The van der Waals surface area contributed by atoms with Gasteiger partial charge in [0, 0.05) is 37.9 Å². The maximum atomic E-state index is 10.9. The average molecular weight is 359 g/mol. The molecule has 0 amide bonds. The van der Waals surface area contributed by atoms with Crippen molar-refractivity contribution in [3.8, 4) is 5.75 Å². The summed E-state index contributed by atoms with van der Waals surface area (Å²) in [6, 6.07) is 6.24. The minimum Gasteiger partial charge on any atom is -0.486 e. The summed E-state index contributed by atoms with van der Waals surface area (Å²) in [5.74, 6) is 0.596. The number of benzene rings is 1. The second-order valence-electron chi connectivity index (χ2n) is 6.71. The molecule has 1 fully saturated rings. The van der Waals surface area contributed by atoms with Gasteiger partial charge in [0.15, 0.2) is 0 Å². The molecule has 3 N–H and O–H groups in total. The van der Waals surface area contributed by atoms with Gasteiger partial charge in [-0.15, -0.1) is 0 Å². The van der Waals surface area contributed by atoms with Crippen molar-refractivity contribution in [1.29, 1.82) is 0 Å². The highest BCUT2D eigenvalue weighted by Gasteiger charge is 2.33. The summed E-state index contributed by atoms with van der Waals surface area (Å²) < 4.78 is 5.84. The van der Waals surface area contributed by atoms with E-state index in [9.17, 15) is 9.90 Å². The van der Waals surface area contributed by atoms with Gasteiger partial charge in [0.1, 0.15) is 23.8 Å². The molecule has 3 rings (SSSR count). The summed E-state index contributed by atoms with van der Waals surface area (Å²) in [7, 11) is 0. The van der Waals surface area contributed by atoms with Gasteiger partial charge in [0.25, 0.3) is 0 Å². The number of rotatable bonds is 8. The van der Waals surface area contributed by atoms with E-state index in [0.717, 1.165) is 30.8 Å². The molecule has 1 aliphatic heterocycles. The number of carboxylic acid groups (broad SMARTS) is 1. The molecule has 140 valence electrons. The first-order valence-electron chi connectivity index (χ1n) is 8.98. The number of aromatic carboxylic acids is 1. The van der Waals surface area contributed by atoms with Crippen molar-refractivity contribution in [3.05, 3.63) is 47.5 Å². The molecule has 7 nitrogen and oxygen atoms in total. The van der Waals surface area contributed by atoms with Crippen molar-refractivity contribution >= 4 is 5.97 Å². The molecule has 7 heteroatoms. The quantitative estimate of drug-likeness (QED) is 0.667. The van der Waals surface area contributed by atoms with Crippen LogP contribution in [0.2, 0.25) is 0 Å².